The monoisotopic (exact) mass is 484 g/mol. The van der Waals surface area contributed by atoms with E-state index in [-0.39, 0.29) is 29.8 Å². The van der Waals surface area contributed by atoms with E-state index in [1.807, 2.05) is 51.1 Å². The summed E-state index contributed by atoms with van der Waals surface area (Å²) in [7, 11) is 0. The molecule has 1 unspecified atom stereocenters. The van der Waals surface area contributed by atoms with E-state index in [1.165, 1.54) is 10.5 Å². The molecular weight excluding hydrogens is 452 g/mol. The van der Waals surface area contributed by atoms with Crippen molar-refractivity contribution in [1.29, 1.82) is 0 Å². The van der Waals surface area contributed by atoms with E-state index in [4.69, 9.17) is 0 Å². The van der Waals surface area contributed by atoms with Gasteiger partial charge in [-0.2, -0.15) is 0 Å². The van der Waals surface area contributed by atoms with Crippen molar-refractivity contribution in [3.63, 3.8) is 0 Å². The zero-order valence-electron chi connectivity index (χ0n) is 21.0. The van der Waals surface area contributed by atoms with Crippen LogP contribution in [0.5, 0.6) is 0 Å². The molecule has 186 valence electrons. The van der Waals surface area contributed by atoms with Crippen molar-refractivity contribution in [2.24, 2.45) is 5.92 Å². The van der Waals surface area contributed by atoms with Gasteiger partial charge >= 0.3 is 6.03 Å². The normalized spacial score (nSPS) is 24.1. The van der Waals surface area contributed by atoms with E-state index >= 15 is 0 Å². The summed E-state index contributed by atoms with van der Waals surface area (Å²) >= 11 is 0. The molecule has 7 nitrogen and oxygen atoms in total. The number of H-pyrrole nitrogens is 1. The molecule has 36 heavy (non-hydrogen) atoms. The van der Waals surface area contributed by atoms with E-state index in [0.29, 0.717) is 13.0 Å². The first-order chi connectivity index (χ1) is 17.3. The lowest BCUT2D eigenvalue weighted by molar-refractivity contribution is -0.141. The summed E-state index contributed by atoms with van der Waals surface area (Å²) in [4.78, 5) is 47.9. The van der Waals surface area contributed by atoms with Crippen LogP contribution in [-0.4, -0.2) is 45.2 Å². The van der Waals surface area contributed by atoms with E-state index in [1.54, 1.807) is 4.90 Å². The summed E-state index contributed by atoms with van der Waals surface area (Å²) in [5.74, 6) is -0.838. The molecule has 6 rings (SSSR count). The highest BCUT2D eigenvalue weighted by molar-refractivity contribution is 6.11. The van der Waals surface area contributed by atoms with Gasteiger partial charge < -0.3 is 15.2 Å². The van der Waals surface area contributed by atoms with Crippen molar-refractivity contribution >= 4 is 28.7 Å². The van der Waals surface area contributed by atoms with Gasteiger partial charge in [0.15, 0.2) is 5.54 Å². The first-order valence-corrected chi connectivity index (χ1v) is 13.0. The fourth-order valence-corrected chi connectivity index (χ4v) is 6.54. The molecule has 3 atom stereocenters. The highest BCUT2D eigenvalue weighted by Gasteiger charge is 2.61. The second kappa shape index (κ2) is 8.22. The SMILES string of the molecule is CC(C)[C@@H](C(=O)NC1CCCc2ccccc21)N1C(=O)N2CCc3c([nH]c4ccccc34)[C@@]2(C)C1=O. The van der Waals surface area contributed by atoms with Crippen molar-refractivity contribution in [1.82, 2.24) is 20.1 Å². The smallest absolute Gasteiger partial charge is 0.328 e. The summed E-state index contributed by atoms with van der Waals surface area (Å²) in [6, 6.07) is 14.8. The Kier molecular flexibility index (Phi) is 5.21. The number of hydrogen-bond donors (Lipinski definition) is 2. The second-order valence-corrected chi connectivity index (χ2v) is 10.8. The van der Waals surface area contributed by atoms with Gasteiger partial charge in [-0.25, -0.2) is 9.69 Å². The van der Waals surface area contributed by atoms with Crippen LogP contribution >= 0.6 is 0 Å². The maximum Gasteiger partial charge on any atom is 0.328 e. The number of para-hydroxylation sites is 1. The Morgan fingerprint density at radius 3 is 2.64 bits per heavy atom. The summed E-state index contributed by atoms with van der Waals surface area (Å²) in [6.07, 6.45) is 3.50. The Hall–Kier alpha value is -3.61. The minimum atomic E-state index is -1.16. The molecule has 1 saturated heterocycles. The van der Waals surface area contributed by atoms with E-state index in [2.05, 4.69) is 28.5 Å². The molecule has 7 heteroatoms. The topological polar surface area (TPSA) is 85.5 Å². The van der Waals surface area contributed by atoms with Crippen molar-refractivity contribution in [3.8, 4) is 0 Å². The lowest BCUT2D eigenvalue weighted by Crippen LogP contribution is -2.54. The number of hydrogen-bond acceptors (Lipinski definition) is 3. The number of urea groups is 1. The van der Waals surface area contributed by atoms with Crippen molar-refractivity contribution in [2.75, 3.05) is 6.54 Å². The van der Waals surface area contributed by atoms with Crippen LogP contribution in [0.3, 0.4) is 0 Å². The quantitative estimate of drug-likeness (QED) is 0.538. The number of fused-ring (bicyclic) bond motifs is 6. The second-order valence-electron chi connectivity index (χ2n) is 10.8. The number of amides is 4. The molecule has 3 aromatic rings. The van der Waals surface area contributed by atoms with Gasteiger partial charge in [0.05, 0.1) is 11.7 Å². The van der Waals surface area contributed by atoms with Crippen LogP contribution in [-0.2, 0) is 28.0 Å². The molecule has 4 amide bonds. The Morgan fingerprint density at radius 2 is 1.83 bits per heavy atom. The lowest BCUT2D eigenvalue weighted by atomic mass is 9.86. The van der Waals surface area contributed by atoms with Gasteiger partial charge in [0, 0.05) is 17.4 Å². The van der Waals surface area contributed by atoms with Crippen LogP contribution in [0.15, 0.2) is 48.5 Å². The van der Waals surface area contributed by atoms with Gasteiger partial charge in [0.1, 0.15) is 6.04 Å². The minimum absolute atomic E-state index is 0.116. The number of nitrogens with one attached hydrogen (secondary N) is 2. The van der Waals surface area contributed by atoms with Gasteiger partial charge in [-0.1, -0.05) is 56.3 Å². The standard InChI is InChI=1S/C29H32N4O3/c1-17(2)24(26(34)31-22-14-8-10-18-9-4-5-11-19(18)22)33-27(35)29(3)25-21(15-16-32(29)28(33)36)20-12-6-7-13-23(20)30-25/h4-7,9,11-13,17,22,24,30H,8,10,14-16H2,1-3H3,(H,31,34)/t22?,24-,29-/m0/s1. The molecule has 3 heterocycles. The Morgan fingerprint density at radius 1 is 1.08 bits per heavy atom. The fraction of sp³-hybridized carbons (Fsp3) is 0.414. The predicted octanol–water partition coefficient (Wildman–Crippen LogP) is 4.42. The molecule has 1 fully saturated rings. The first-order valence-electron chi connectivity index (χ1n) is 13.0. The van der Waals surface area contributed by atoms with Crippen LogP contribution < -0.4 is 5.32 Å². The highest BCUT2D eigenvalue weighted by atomic mass is 16.2. The average molecular weight is 485 g/mol. The number of carbonyl (C=O) groups excluding carboxylic acids is 3. The summed E-state index contributed by atoms with van der Waals surface area (Å²) in [6.45, 7) is 6.05. The van der Waals surface area contributed by atoms with Gasteiger partial charge in [0.25, 0.3) is 5.91 Å². The molecule has 0 radical (unpaired) electrons. The molecule has 0 bridgehead atoms. The zero-order chi connectivity index (χ0) is 25.2. The maximum absolute atomic E-state index is 14.1. The summed E-state index contributed by atoms with van der Waals surface area (Å²) in [5.41, 5.74) is 4.02. The van der Waals surface area contributed by atoms with Crippen LogP contribution in [0.25, 0.3) is 10.9 Å². The number of aromatic amines is 1. The molecule has 2 N–H and O–H groups in total. The molecule has 1 aliphatic carbocycles. The number of nitrogens with zero attached hydrogens (tertiary/aromatic N) is 2. The predicted molar refractivity (Wildman–Crippen MR) is 137 cm³/mol. The fourth-order valence-electron chi connectivity index (χ4n) is 6.54. The number of rotatable bonds is 4. The van der Waals surface area contributed by atoms with E-state index < -0.39 is 11.6 Å². The average Bonchev–Trinajstić information content (AvgIpc) is 3.34. The lowest BCUT2D eigenvalue weighted by Gasteiger charge is -2.36. The van der Waals surface area contributed by atoms with E-state index in [0.717, 1.165) is 47.0 Å². The van der Waals surface area contributed by atoms with Gasteiger partial charge in [-0.15, -0.1) is 0 Å². The van der Waals surface area contributed by atoms with Gasteiger partial charge in [0.2, 0.25) is 5.91 Å². The van der Waals surface area contributed by atoms with Crippen molar-refractivity contribution < 1.29 is 14.4 Å². The minimum Gasteiger partial charge on any atom is -0.356 e. The third-order valence-corrected chi connectivity index (χ3v) is 8.36. The largest absolute Gasteiger partial charge is 0.356 e. The third kappa shape index (κ3) is 3.14. The first kappa shape index (κ1) is 22.8. The van der Waals surface area contributed by atoms with E-state index in [9.17, 15) is 14.4 Å². The molecule has 3 aliphatic rings. The van der Waals surface area contributed by atoms with Crippen molar-refractivity contribution in [2.45, 2.75) is 64.1 Å². The molecule has 1 aromatic heterocycles. The van der Waals surface area contributed by atoms with Crippen LogP contribution in [0.4, 0.5) is 4.79 Å². The van der Waals surface area contributed by atoms with Crippen LogP contribution in [0, 0.1) is 5.92 Å². The number of carbonyl (C=O) groups is 3. The maximum atomic E-state index is 14.1. The van der Waals surface area contributed by atoms with Crippen LogP contribution in [0.1, 0.15) is 62.0 Å². The molecule has 2 aliphatic heterocycles. The highest BCUT2D eigenvalue weighted by Crippen LogP contribution is 2.45. The van der Waals surface area contributed by atoms with Crippen molar-refractivity contribution in [3.05, 3.63) is 70.9 Å². The third-order valence-electron chi connectivity index (χ3n) is 8.36. The molecule has 0 saturated carbocycles. The number of aryl methyl sites for hydroxylation is 1. The number of benzene rings is 2. The number of aromatic nitrogens is 1. The molecule has 2 aromatic carbocycles. The summed E-state index contributed by atoms with van der Waals surface area (Å²) in [5, 5.41) is 4.28. The van der Waals surface area contributed by atoms with Gasteiger partial charge in [-0.05, 0) is 61.3 Å². The zero-order valence-corrected chi connectivity index (χ0v) is 21.0. The van der Waals surface area contributed by atoms with Crippen LogP contribution in [0.2, 0.25) is 0 Å². The Bertz CT molecular complexity index is 1390. The Balaban J connectivity index is 1.35. The Labute approximate surface area is 210 Å². The van der Waals surface area contributed by atoms with Gasteiger partial charge in [-0.3, -0.25) is 9.59 Å². The molecular formula is C29H32N4O3. The molecule has 0 spiro atoms. The summed E-state index contributed by atoms with van der Waals surface area (Å²) < 4.78 is 0. The number of imide groups is 1.